The van der Waals surface area contributed by atoms with Crippen molar-refractivity contribution < 1.29 is 24.2 Å². The average molecular weight is 367 g/mol. The Kier molecular flexibility index (Phi) is 5.76. The van der Waals surface area contributed by atoms with Gasteiger partial charge in [0.2, 0.25) is 0 Å². The zero-order chi connectivity index (χ0) is 19.2. The Morgan fingerprint density at radius 3 is 2.56 bits per heavy atom. The molecule has 6 nitrogen and oxygen atoms in total. The third-order valence-corrected chi connectivity index (χ3v) is 4.43. The van der Waals surface area contributed by atoms with Gasteiger partial charge in [-0.25, -0.2) is 9.59 Å². The van der Waals surface area contributed by atoms with Crippen molar-refractivity contribution in [1.29, 1.82) is 0 Å². The van der Waals surface area contributed by atoms with E-state index in [2.05, 4.69) is 0 Å². The molecule has 0 spiro atoms. The number of methoxy groups -OCH3 is 1. The Labute approximate surface area is 157 Å². The summed E-state index contributed by atoms with van der Waals surface area (Å²) in [4.78, 5) is 25.3. The molecule has 1 aliphatic heterocycles. The molecular weight excluding hydrogens is 346 g/mol. The number of amides is 1. The number of aliphatic carboxylic acids is 1. The number of nitrogens with zero attached hydrogens (tertiary/aromatic N) is 1. The van der Waals surface area contributed by atoms with E-state index < -0.39 is 18.1 Å². The quantitative estimate of drug-likeness (QED) is 0.874. The maximum Gasteiger partial charge on any atom is 0.411 e. The van der Waals surface area contributed by atoms with Crippen molar-refractivity contribution in [2.24, 2.45) is 0 Å². The maximum atomic E-state index is 12.4. The van der Waals surface area contributed by atoms with Crippen LogP contribution in [0.5, 0.6) is 5.75 Å². The fourth-order valence-corrected chi connectivity index (χ4v) is 3.08. The molecular formula is C21H21NO5. The maximum absolute atomic E-state index is 12.4. The van der Waals surface area contributed by atoms with Crippen molar-refractivity contribution in [3.05, 3.63) is 71.3 Å². The molecule has 2 aromatic carbocycles. The molecule has 2 aromatic rings. The predicted octanol–water partition coefficient (Wildman–Crippen LogP) is 3.57. The van der Waals surface area contributed by atoms with E-state index in [9.17, 15) is 14.7 Å². The van der Waals surface area contributed by atoms with E-state index in [1.165, 1.54) is 4.90 Å². The summed E-state index contributed by atoms with van der Waals surface area (Å²) < 4.78 is 10.6. The second kappa shape index (κ2) is 8.40. The van der Waals surface area contributed by atoms with Gasteiger partial charge in [0.05, 0.1) is 7.11 Å². The van der Waals surface area contributed by atoms with E-state index in [4.69, 9.17) is 9.47 Å². The highest BCUT2D eigenvalue weighted by Crippen LogP contribution is 2.28. The lowest BCUT2D eigenvalue weighted by molar-refractivity contribution is -0.141. The number of carboxylic acids is 1. The van der Waals surface area contributed by atoms with Crippen molar-refractivity contribution >= 4 is 18.1 Å². The number of rotatable bonds is 5. The van der Waals surface area contributed by atoms with E-state index in [0.717, 1.165) is 16.7 Å². The fraction of sp³-hybridized carbons (Fsp3) is 0.238. The minimum Gasteiger partial charge on any atom is -0.496 e. The van der Waals surface area contributed by atoms with Crippen molar-refractivity contribution in [2.75, 3.05) is 13.7 Å². The third kappa shape index (κ3) is 4.47. The van der Waals surface area contributed by atoms with Crippen molar-refractivity contribution in [2.45, 2.75) is 19.1 Å². The standard InChI is InChI=1S/C21H21NO5/c1-26-19-10-6-5-9-17(19)11-16-12-18(20(23)24)22(13-16)21(25)27-14-15-7-3-2-4-8-15/h2-11,18H,12-14H2,1H3,(H,23,24)/b16-11-/t18-/m0/s1. The van der Waals surface area contributed by atoms with E-state index in [1.807, 2.05) is 60.7 Å². The summed E-state index contributed by atoms with van der Waals surface area (Å²) in [5.74, 6) is -0.350. The SMILES string of the molecule is COc1ccccc1/C=C1/C[C@@H](C(=O)O)N(C(=O)OCc2ccccc2)C1. The summed E-state index contributed by atoms with van der Waals surface area (Å²) in [6.45, 7) is 0.316. The second-order valence-electron chi connectivity index (χ2n) is 6.27. The lowest BCUT2D eigenvalue weighted by Crippen LogP contribution is -2.40. The number of carbonyl (C=O) groups is 2. The molecule has 6 heteroatoms. The lowest BCUT2D eigenvalue weighted by Gasteiger charge is -2.20. The van der Waals surface area contributed by atoms with Crippen LogP contribution in [0.2, 0.25) is 0 Å². The number of carbonyl (C=O) groups excluding carboxylic acids is 1. The fourth-order valence-electron chi connectivity index (χ4n) is 3.08. The van der Waals surface area contributed by atoms with Crippen molar-refractivity contribution in [1.82, 2.24) is 4.90 Å². The van der Waals surface area contributed by atoms with Crippen LogP contribution in [0, 0.1) is 0 Å². The van der Waals surface area contributed by atoms with E-state index >= 15 is 0 Å². The minimum atomic E-state index is -1.05. The summed E-state index contributed by atoms with van der Waals surface area (Å²) in [6.07, 6.45) is 1.50. The van der Waals surface area contributed by atoms with Crippen LogP contribution in [0.4, 0.5) is 4.79 Å². The third-order valence-electron chi connectivity index (χ3n) is 4.43. The number of para-hydroxylation sites is 1. The molecule has 1 heterocycles. The number of ether oxygens (including phenoxy) is 2. The zero-order valence-electron chi connectivity index (χ0n) is 15.0. The van der Waals surface area contributed by atoms with Gasteiger partial charge in [0, 0.05) is 18.5 Å². The van der Waals surface area contributed by atoms with Crippen LogP contribution in [0.1, 0.15) is 17.5 Å². The molecule has 0 aromatic heterocycles. The first kappa shape index (κ1) is 18.5. The predicted molar refractivity (Wildman–Crippen MR) is 100 cm³/mol. The first-order valence-electron chi connectivity index (χ1n) is 8.61. The normalized spacial score (nSPS) is 17.7. The van der Waals surface area contributed by atoms with Crippen LogP contribution in [0.3, 0.4) is 0 Å². The summed E-state index contributed by atoms with van der Waals surface area (Å²) in [6, 6.07) is 15.8. The van der Waals surface area contributed by atoms with Gasteiger partial charge in [0.1, 0.15) is 18.4 Å². The molecule has 0 unspecified atom stereocenters. The van der Waals surface area contributed by atoms with Crippen molar-refractivity contribution in [3.63, 3.8) is 0 Å². The summed E-state index contributed by atoms with van der Waals surface area (Å²) in [7, 11) is 1.58. The van der Waals surface area contributed by atoms with E-state index in [0.29, 0.717) is 5.75 Å². The Morgan fingerprint density at radius 1 is 1.15 bits per heavy atom. The lowest BCUT2D eigenvalue weighted by atomic mass is 10.1. The first-order chi connectivity index (χ1) is 13.1. The molecule has 27 heavy (non-hydrogen) atoms. The van der Waals surface area contributed by atoms with E-state index in [-0.39, 0.29) is 19.6 Å². The second-order valence-corrected chi connectivity index (χ2v) is 6.27. The molecule has 3 rings (SSSR count). The van der Waals surface area contributed by atoms with Crippen LogP contribution in [-0.4, -0.2) is 41.8 Å². The van der Waals surface area contributed by atoms with E-state index in [1.54, 1.807) is 7.11 Å². The number of benzene rings is 2. The minimum absolute atomic E-state index is 0.105. The molecule has 140 valence electrons. The Bertz CT molecular complexity index is 847. The number of likely N-dealkylation sites (tertiary alicyclic amines) is 1. The largest absolute Gasteiger partial charge is 0.496 e. The molecule has 0 saturated carbocycles. The molecule has 1 N–H and O–H groups in total. The van der Waals surface area contributed by atoms with Gasteiger partial charge in [-0.3, -0.25) is 4.90 Å². The van der Waals surface area contributed by atoms with Gasteiger partial charge in [-0.2, -0.15) is 0 Å². The Balaban J connectivity index is 1.73. The molecule has 0 radical (unpaired) electrons. The molecule has 1 atom stereocenters. The average Bonchev–Trinajstić information content (AvgIpc) is 3.11. The summed E-state index contributed by atoms with van der Waals surface area (Å²) >= 11 is 0. The highest BCUT2D eigenvalue weighted by molar-refractivity contribution is 5.82. The van der Waals surface area contributed by atoms with Crippen LogP contribution in [0.15, 0.2) is 60.2 Å². The zero-order valence-corrected chi connectivity index (χ0v) is 15.0. The van der Waals surface area contributed by atoms with Gasteiger partial charge in [0.15, 0.2) is 0 Å². The highest BCUT2D eigenvalue weighted by Gasteiger charge is 2.37. The first-order valence-corrected chi connectivity index (χ1v) is 8.61. The van der Waals surface area contributed by atoms with Gasteiger partial charge in [-0.05, 0) is 17.2 Å². The van der Waals surface area contributed by atoms with Gasteiger partial charge in [-0.1, -0.05) is 54.6 Å². The number of hydrogen-bond donors (Lipinski definition) is 1. The summed E-state index contributed by atoms with van der Waals surface area (Å²) in [5.41, 5.74) is 2.53. The molecule has 1 aliphatic rings. The van der Waals surface area contributed by atoms with Gasteiger partial charge >= 0.3 is 12.1 Å². The topological polar surface area (TPSA) is 76.1 Å². The Hall–Kier alpha value is -3.28. The molecule has 1 fully saturated rings. The number of hydrogen-bond acceptors (Lipinski definition) is 4. The Morgan fingerprint density at radius 2 is 1.85 bits per heavy atom. The monoisotopic (exact) mass is 367 g/mol. The molecule has 0 aliphatic carbocycles. The van der Waals surface area contributed by atoms with Gasteiger partial charge in [-0.15, -0.1) is 0 Å². The summed E-state index contributed by atoms with van der Waals surface area (Å²) in [5, 5.41) is 9.50. The highest BCUT2D eigenvalue weighted by atomic mass is 16.6. The van der Waals surface area contributed by atoms with Gasteiger partial charge in [0.25, 0.3) is 0 Å². The molecule has 1 amide bonds. The van der Waals surface area contributed by atoms with Crippen LogP contribution < -0.4 is 4.74 Å². The van der Waals surface area contributed by atoms with Crippen LogP contribution in [0.25, 0.3) is 6.08 Å². The van der Waals surface area contributed by atoms with Crippen LogP contribution >= 0.6 is 0 Å². The smallest absolute Gasteiger partial charge is 0.411 e. The number of carboxylic acid groups (broad SMARTS) is 1. The van der Waals surface area contributed by atoms with Gasteiger partial charge < -0.3 is 14.6 Å². The van der Waals surface area contributed by atoms with Crippen LogP contribution in [-0.2, 0) is 16.1 Å². The van der Waals surface area contributed by atoms with Crippen molar-refractivity contribution in [3.8, 4) is 5.75 Å². The molecule has 0 bridgehead atoms. The molecule has 1 saturated heterocycles.